The molecule has 0 saturated carbocycles. The monoisotopic (exact) mass is 572 g/mol. The van der Waals surface area contributed by atoms with Gasteiger partial charge in [-0.15, -0.1) is 0 Å². The summed E-state index contributed by atoms with van der Waals surface area (Å²) >= 11 is 1.21. The van der Waals surface area contributed by atoms with E-state index in [0.717, 1.165) is 22.5 Å². The summed E-state index contributed by atoms with van der Waals surface area (Å²) < 4.78 is 24.8. The number of rotatable bonds is 9. The normalized spacial score (nSPS) is 12.6. The Morgan fingerprint density at radius 1 is 0.951 bits per heavy atom. The number of fused-ring (bicyclic) bond motifs is 1. The van der Waals surface area contributed by atoms with Crippen LogP contribution < -0.4 is 14.8 Å². The number of benzene rings is 3. The van der Waals surface area contributed by atoms with Gasteiger partial charge in [0.15, 0.2) is 16.7 Å². The third-order valence-corrected chi connectivity index (χ3v) is 7.43. The van der Waals surface area contributed by atoms with Crippen LogP contribution in [0.2, 0.25) is 0 Å². The lowest BCUT2D eigenvalue weighted by Crippen LogP contribution is -2.42. The van der Waals surface area contributed by atoms with Crippen molar-refractivity contribution in [3.8, 4) is 11.5 Å². The smallest absolute Gasteiger partial charge is 0.251 e. The standard InChI is InChI=1S/C31H29FN4O4S/c1-19-6-4-5-7-23(19)16-36(28(37)17-41-31-33-20(2)14-21(3)34-31)29(22-8-10-24(32)11-9-22)30(38)35-25-12-13-26-27(15-25)40-18-39-26/h4-15,29H,16-18H2,1-3H3,(H,35,38)/t29-/m0/s1. The SMILES string of the molecule is Cc1cc(C)nc(SCC(=O)N(Cc2ccccc2C)[C@H](C(=O)Nc2ccc3c(c2)OCO3)c2ccc(F)cc2)n1. The summed E-state index contributed by atoms with van der Waals surface area (Å²) in [7, 11) is 0. The highest BCUT2D eigenvalue weighted by Crippen LogP contribution is 2.35. The number of nitrogens with one attached hydrogen (secondary N) is 1. The van der Waals surface area contributed by atoms with Crippen LogP contribution in [0.1, 0.15) is 34.1 Å². The number of hydrogen-bond donors (Lipinski definition) is 1. The predicted octanol–water partition coefficient (Wildman–Crippen LogP) is 5.77. The summed E-state index contributed by atoms with van der Waals surface area (Å²) in [6.45, 7) is 5.96. The lowest BCUT2D eigenvalue weighted by molar-refractivity contribution is -0.137. The van der Waals surface area contributed by atoms with Crippen molar-refractivity contribution in [2.75, 3.05) is 17.9 Å². The molecular formula is C31H29FN4O4S. The number of nitrogens with zero attached hydrogens (tertiary/aromatic N) is 3. The first-order valence-corrected chi connectivity index (χ1v) is 14.0. The minimum atomic E-state index is -1.06. The van der Waals surface area contributed by atoms with Crippen LogP contribution in [-0.4, -0.2) is 39.2 Å². The van der Waals surface area contributed by atoms with Gasteiger partial charge >= 0.3 is 0 Å². The van der Waals surface area contributed by atoms with Gasteiger partial charge < -0.3 is 19.7 Å². The second-order valence-corrected chi connectivity index (χ2v) is 10.6. The molecular weight excluding hydrogens is 543 g/mol. The molecule has 0 spiro atoms. The number of carbonyl (C=O) groups is 2. The van der Waals surface area contributed by atoms with Crippen LogP contribution in [0.25, 0.3) is 0 Å². The molecule has 210 valence electrons. The van der Waals surface area contributed by atoms with Gasteiger partial charge in [0, 0.05) is 29.7 Å². The lowest BCUT2D eigenvalue weighted by atomic mass is 10.0. The lowest BCUT2D eigenvalue weighted by Gasteiger charge is -2.32. The summed E-state index contributed by atoms with van der Waals surface area (Å²) in [5, 5.41) is 3.40. The highest BCUT2D eigenvalue weighted by molar-refractivity contribution is 7.99. The molecule has 1 atom stereocenters. The molecule has 10 heteroatoms. The first-order valence-electron chi connectivity index (χ1n) is 13.0. The molecule has 0 radical (unpaired) electrons. The van der Waals surface area contributed by atoms with Gasteiger partial charge in [0.05, 0.1) is 5.75 Å². The van der Waals surface area contributed by atoms with Crippen molar-refractivity contribution in [1.82, 2.24) is 14.9 Å². The van der Waals surface area contributed by atoms with Crippen LogP contribution >= 0.6 is 11.8 Å². The summed E-state index contributed by atoms with van der Waals surface area (Å²) in [6, 6.07) is 19.2. The number of hydrogen-bond acceptors (Lipinski definition) is 7. The Morgan fingerprint density at radius 2 is 1.66 bits per heavy atom. The highest BCUT2D eigenvalue weighted by atomic mass is 32.2. The van der Waals surface area contributed by atoms with Gasteiger partial charge in [-0.3, -0.25) is 9.59 Å². The van der Waals surface area contributed by atoms with E-state index in [1.807, 2.05) is 51.1 Å². The zero-order chi connectivity index (χ0) is 28.9. The number of carbonyl (C=O) groups excluding carboxylic acids is 2. The average Bonchev–Trinajstić information content (AvgIpc) is 3.41. The Bertz CT molecular complexity index is 1560. The molecule has 5 rings (SSSR count). The molecule has 0 fully saturated rings. The van der Waals surface area contributed by atoms with E-state index in [0.29, 0.717) is 27.9 Å². The zero-order valence-corrected chi connectivity index (χ0v) is 23.7. The Balaban J connectivity index is 1.49. The maximum absolute atomic E-state index is 14.0. The van der Waals surface area contributed by atoms with Gasteiger partial charge in [0.1, 0.15) is 11.9 Å². The van der Waals surface area contributed by atoms with Crippen LogP contribution in [0.5, 0.6) is 11.5 Å². The van der Waals surface area contributed by atoms with E-state index in [1.165, 1.54) is 40.9 Å². The van der Waals surface area contributed by atoms with Crippen molar-refractivity contribution in [1.29, 1.82) is 0 Å². The summed E-state index contributed by atoms with van der Waals surface area (Å²) in [6.07, 6.45) is 0. The number of thioether (sulfide) groups is 1. The summed E-state index contributed by atoms with van der Waals surface area (Å²) in [4.78, 5) is 38.3. The Morgan fingerprint density at radius 3 is 2.39 bits per heavy atom. The first kappa shape index (κ1) is 28.1. The van der Waals surface area contributed by atoms with Gasteiger partial charge in [-0.1, -0.05) is 48.2 Å². The molecule has 4 aromatic rings. The molecule has 2 amide bonds. The maximum Gasteiger partial charge on any atom is 0.251 e. The molecule has 1 aliphatic heterocycles. The minimum Gasteiger partial charge on any atom is -0.454 e. The Kier molecular flexibility index (Phi) is 8.49. The number of anilines is 1. The third-order valence-electron chi connectivity index (χ3n) is 6.59. The fourth-order valence-electron chi connectivity index (χ4n) is 4.56. The predicted molar refractivity (Wildman–Crippen MR) is 154 cm³/mol. The van der Waals surface area contributed by atoms with Gasteiger partial charge in [-0.25, -0.2) is 14.4 Å². The molecule has 3 aromatic carbocycles. The largest absolute Gasteiger partial charge is 0.454 e. The van der Waals surface area contributed by atoms with E-state index in [4.69, 9.17) is 9.47 Å². The molecule has 2 heterocycles. The molecule has 0 unspecified atom stereocenters. The van der Waals surface area contributed by atoms with Gasteiger partial charge in [0.2, 0.25) is 12.7 Å². The number of halogens is 1. The van der Waals surface area contributed by atoms with Crippen LogP contribution in [0, 0.1) is 26.6 Å². The van der Waals surface area contributed by atoms with E-state index in [1.54, 1.807) is 18.2 Å². The van der Waals surface area contributed by atoms with Crippen LogP contribution in [0.3, 0.4) is 0 Å². The molecule has 1 aromatic heterocycles. The Labute approximate surface area is 241 Å². The second-order valence-electron chi connectivity index (χ2n) is 9.68. The van der Waals surface area contributed by atoms with E-state index >= 15 is 0 Å². The summed E-state index contributed by atoms with van der Waals surface area (Å²) in [5.41, 5.74) is 4.42. The van der Waals surface area contributed by atoms with E-state index in [2.05, 4.69) is 15.3 Å². The first-order chi connectivity index (χ1) is 19.8. The van der Waals surface area contributed by atoms with E-state index in [9.17, 15) is 14.0 Å². The van der Waals surface area contributed by atoms with Crippen LogP contribution in [-0.2, 0) is 16.1 Å². The fraction of sp³-hybridized carbons (Fsp3) is 0.226. The molecule has 41 heavy (non-hydrogen) atoms. The third kappa shape index (κ3) is 6.83. The topological polar surface area (TPSA) is 93.7 Å². The van der Waals surface area contributed by atoms with Crippen LogP contribution in [0.4, 0.5) is 10.1 Å². The molecule has 8 nitrogen and oxygen atoms in total. The molecule has 0 aliphatic carbocycles. The number of amides is 2. The number of aromatic nitrogens is 2. The molecule has 0 bridgehead atoms. The Hall–Kier alpha value is -4.44. The molecule has 0 saturated heterocycles. The molecule has 1 N–H and O–H groups in total. The molecule has 1 aliphatic rings. The van der Waals surface area contributed by atoms with Crippen molar-refractivity contribution < 1.29 is 23.5 Å². The van der Waals surface area contributed by atoms with Gasteiger partial charge in [0.25, 0.3) is 5.91 Å². The maximum atomic E-state index is 14.0. The number of aryl methyl sites for hydroxylation is 3. The van der Waals surface area contributed by atoms with E-state index in [-0.39, 0.29) is 25.0 Å². The highest BCUT2D eigenvalue weighted by Gasteiger charge is 2.32. The van der Waals surface area contributed by atoms with Gasteiger partial charge in [-0.05, 0) is 67.8 Å². The van der Waals surface area contributed by atoms with Crippen molar-refractivity contribution in [2.24, 2.45) is 0 Å². The van der Waals surface area contributed by atoms with Crippen molar-refractivity contribution in [2.45, 2.75) is 38.5 Å². The number of ether oxygens (including phenoxy) is 2. The van der Waals surface area contributed by atoms with Crippen molar-refractivity contribution in [3.05, 3.63) is 107 Å². The summed E-state index contributed by atoms with van der Waals surface area (Å²) in [5.74, 6) is -0.0906. The quantitative estimate of drug-likeness (QED) is 0.201. The average molecular weight is 573 g/mol. The zero-order valence-electron chi connectivity index (χ0n) is 22.9. The van der Waals surface area contributed by atoms with Crippen LogP contribution in [0.15, 0.2) is 78.0 Å². The van der Waals surface area contributed by atoms with E-state index < -0.39 is 17.8 Å². The second kappa shape index (κ2) is 12.4. The van der Waals surface area contributed by atoms with Crippen molar-refractivity contribution in [3.63, 3.8) is 0 Å². The minimum absolute atomic E-state index is 0.00374. The van der Waals surface area contributed by atoms with Crippen molar-refractivity contribution >= 4 is 29.3 Å². The fourth-order valence-corrected chi connectivity index (χ4v) is 5.40. The van der Waals surface area contributed by atoms with Gasteiger partial charge in [-0.2, -0.15) is 0 Å².